The van der Waals surface area contributed by atoms with Crippen LogP contribution in [0, 0.1) is 0 Å². The molecule has 0 unspecified atom stereocenters. The van der Waals surface area contributed by atoms with Crippen LogP contribution in [0.25, 0.3) is 0 Å². The molecule has 0 radical (unpaired) electrons. The second-order valence-corrected chi connectivity index (χ2v) is 3.62. The first-order valence-corrected chi connectivity index (χ1v) is 5.13. The highest BCUT2D eigenvalue weighted by Crippen LogP contribution is 2.33. The van der Waals surface area contributed by atoms with Crippen molar-refractivity contribution in [2.24, 2.45) is 0 Å². The van der Waals surface area contributed by atoms with Gasteiger partial charge < -0.3 is 4.74 Å². The van der Waals surface area contributed by atoms with Crippen LogP contribution in [0.2, 0.25) is 0 Å². The fourth-order valence-corrected chi connectivity index (χ4v) is 1.82. The lowest BCUT2D eigenvalue weighted by atomic mass is 10.0. The van der Waals surface area contributed by atoms with Crippen molar-refractivity contribution in [1.82, 2.24) is 0 Å². The van der Waals surface area contributed by atoms with Crippen LogP contribution in [-0.4, -0.2) is 5.97 Å². The molecule has 0 bridgehead atoms. The number of cyclic esters (lactones) is 1. The van der Waals surface area contributed by atoms with Crippen LogP contribution in [0.3, 0.4) is 0 Å². The lowest BCUT2D eigenvalue weighted by Crippen LogP contribution is -1.98. The number of rotatable bonds is 3. The van der Waals surface area contributed by atoms with E-state index in [2.05, 4.69) is 6.92 Å². The summed E-state index contributed by atoms with van der Waals surface area (Å²) in [6.07, 6.45) is 3.18. The molecule has 1 atom stereocenters. The van der Waals surface area contributed by atoms with Crippen LogP contribution in [-0.2, 0) is 4.74 Å². The number of esters is 1. The Balaban J connectivity index is 0.00000112. The molecule has 1 aliphatic rings. The molecule has 0 N–H and O–H groups in total. The normalized spacial score (nSPS) is 17.9. The van der Waals surface area contributed by atoms with Gasteiger partial charge in [-0.05, 0) is 18.9 Å². The van der Waals surface area contributed by atoms with E-state index in [1.165, 1.54) is 0 Å². The number of carbonyl (C=O) groups excluding carboxylic acids is 1. The molecule has 0 saturated carbocycles. The van der Waals surface area contributed by atoms with Gasteiger partial charge in [0.05, 0.1) is 5.56 Å². The maximum atomic E-state index is 11.4. The SMILES string of the molecule is C.CCCC[C@@H]1OC(=O)c2ccccc21. The Morgan fingerprint density at radius 1 is 1.33 bits per heavy atom. The Labute approximate surface area is 91.3 Å². The van der Waals surface area contributed by atoms with Crippen molar-refractivity contribution in [2.75, 3.05) is 0 Å². The number of hydrogen-bond donors (Lipinski definition) is 0. The minimum Gasteiger partial charge on any atom is -0.454 e. The average Bonchev–Trinajstić information content (AvgIpc) is 2.54. The Morgan fingerprint density at radius 3 is 2.80 bits per heavy atom. The quantitative estimate of drug-likeness (QED) is 0.704. The van der Waals surface area contributed by atoms with Crippen molar-refractivity contribution in [3.8, 4) is 0 Å². The van der Waals surface area contributed by atoms with Gasteiger partial charge in [-0.15, -0.1) is 0 Å². The standard InChI is InChI=1S/C12H14O2.CH4/c1-2-3-8-11-9-6-4-5-7-10(9)12(13)14-11;/h4-7,11H,2-3,8H2,1H3;1H4/t11-;/m0./s1. The molecule has 82 valence electrons. The molecule has 0 aromatic heterocycles. The van der Waals surface area contributed by atoms with Gasteiger partial charge in [-0.1, -0.05) is 39.0 Å². The molecule has 2 heteroatoms. The van der Waals surface area contributed by atoms with E-state index in [4.69, 9.17) is 4.74 Å². The maximum Gasteiger partial charge on any atom is 0.339 e. The number of carbonyl (C=O) groups is 1. The highest BCUT2D eigenvalue weighted by atomic mass is 16.5. The predicted octanol–water partition coefficient (Wildman–Crippen LogP) is 3.72. The summed E-state index contributed by atoms with van der Waals surface area (Å²) in [6.45, 7) is 2.14. The summed E-state index contributed by atoms with van der Waals surface area (Å²) in [4.78, 5) is 11.4. The number of unbranched alkanes of at least 4 members (excludes halogenated alkanes) is 1. The van der Waals surface area contributed by atoms with E-state index in [-0.39, 0.29) is 19.5 Å². The summed E-state index contributed by atoms with van der Waals surface area (Å²) in [5.41, 5.74) is 1.81. The highest BCUT2D eigenvalue weighted by molar-refractivity contribution is 5.93. The number of ether oxygens (including phenoxy) is 1. The van der Waals surface area contributed by atoms with E-state index in [9.17, 15) is 4.79 Å². The molecule has 0 saturated heterocycles. The smallest absolute Gasteiger partial charge is 0.339 e. The maximum absolute atomic E-state index is 11.4. The van der Waals surface area contributed by atoms with E-state index < -0.39 is 0 Å². The molecule has 0 fully saturated rings. The summed E-state index contributed by atoms with van der Waals surface area (Å²) >= 11 is 0. The van der Waals surface area contributed by atoms with Crippen molar-refractivity contribution in [3.05, 3.63) is 35.4 Å². The van der Waals surface area contributed by atoms with Crippen LogP contribution < -0.4 is 0 Å². The third kappa shape index (κ3) is 2.20. The van der Waals surface area contributed by atoms with Gasteiger partial charge in [0.15, 0.2) is 0 Å². The van der Waals surface area contributed by atoms with Gasteiger partial charge in [-0.25, -0.2) is 4.79 Å². The first-order chi connectivity index (χ1) is 6.83. The van der Waals surface area contributed by atoms with Crippen molar-refractivity contribution in [3.63, 3.8) is 0 Å². The number of benzene rings is 1. The Kier molecular flexibility index (Phi) is 3.89. The van der Waals surface area contributed by atoms with Crippen LogP contribution in [0.5, 0.6) is 0 Å². The highest BCUT2D eigenvalue weighted by Gasteiger charge is 2.29. The summed E-state index contributed by atoms with van der Waals surface area (Å²) in [5, 5.41) is 0. The van der Waals surface area contributed by atoms with Gasteiger partial charge in [0.25, 0.3) is 0 Å². The molecule has 15 heavy (non-hydrogen) atoms. The Bertz CT molecular complexity index is 344. The molecular weight excluding hydrogens is 188 g/mol. The largest absolute Gasteiger partial charge is 0.454 e. The molecular formula is C13H18O2. The number of fused-ring (bicyclic) bond motifs is 1. The molecule has 2 nitrogen and oxygen atoms in total. The third-order valence-corrected chi connectivity index (χ3v) is 2.60. The molecule has 1 aromatic carbocycles. The summed E-state index contributed by atoms with van der Waals surface area (Å²) < 4.78 is 5.29. The zero-order valence-electron chi connectivity index (χ0n) is 8.32. The minimum atomic E-state index is -0.165. The van der Waals surface area contributed by atoms with Gasteiger partial charge in [-0.3, -0.25) is 0 Å². The fourth-order valence-electron chi connectivity index (χ4n) is 1.82. The second-order valence-electron chi connectivity index (χ2n) is 3.62. The fraction of sp³-hybridized carbons (Fsp3) is 0.462. The molecule has 0 amide bonds. The topological polar surface area (TPSA) is 26.3 Å². The average molecular weight is 206 g/mol. The van der Waals surface area contributed by atoms with Gasteiger partial charge in [0.2, 0.25) is 0 Å². The van der Waals surface area contributed by atoms with Crippen LogP contribution >= 0.6 is 0 Å². The van der Waals surface area contributed by atoms with Gasteiger partial charge in [0.1, 0.15) is 6.10 Å². The first-order valence-electron chi connectivity index (χ1n) is 5.13. The minimum absolute atomic E-state index is 0. The van der Waals surface area contributed by atoms with E-state index in [1.807, 2.05) is 24.3 Å². The van der Waals surface area contributed by atoms with Crippen LogP contribution in [0.1, 0.15) is 55.6 Å². The summed E-state index contributed by atoms with van der Waals surface area (Å²) in [7, 11) is 0. The molecule has 0 spiro atoms. The van der Waals surface area contributed by atoms with Crippen molar-refractivity contribution in [2.45, 2.75) is 39.7 Å². The second kappa shape index (κ2) is 4.96. The zero-order chi connectivity index (χ0) is 9.97. The zero-order valence-corrected chi connectivity index (χ0v) is 8.32. The summed E-state index contributed by atoms with van der Waals surface area (Å²) in [5.74, 6) is -0.165. The van der Waals surface area contributed by atoms with E-state index in [0.717, 1.165) is 30.4 Å². The van der Waals surface area contributed by atoms with Crippen molar-refractivity contribution < 1.29 is 9.53 Å². The van der Waals surface area contributed by atoms with Crippen molar-refractivity contribution in [1.29, 1.82) is 0 Å². The third-order valence-electron chi connectivity index (χ3n) is 2.60. The van der Waals surface area contributed by atoms with E-state index in [0.29, 0.717) is 0 Å². The van der Waals surface area contributed by atoms with Gasteiger partial charge >= 0.3 is 5.97 Å². The lowest BCUT2D eigenvalue weighted by molar-refractivity contribution is 0.0364. The van der Waals surface area contributed by atoms with Gasteiger partial charge in [-0.2, -0.15) is 0 Å². The lowest BCUT2D eigenvalue weighted by Gasteiger charge is -2.08. The first kappa shape index (κ1) is 11.8. The monoisotopic (exact) mass is 206 g/mol. The predicted molar refractivity (Wildman–Crippen MR) is 60.9 cm³/mol. The Morgan fingerprint density at radius 2 is 2.07 bits per heavy atom. The molecule has 2 rings (SSSR count). The molecule has 1 aromatic rings. The number of hydrogen-bond acceptors (Lipinski definition) is 2. The van der Waals surface area contributed by atoms with Crippen LogP contribution in [0.4, 0.5) is 0 Å². The van der Waals surface area contributed by atoms with Gasteiger partial charge in [0, 0.05) is 5.56 Å². The summed E-state index contributed by atoms with van der Waals surface area (Å²) in [6, 6.07) is 7.66. The molecule has 1 heterocycles. The molecule has 1 aliphatic heterocycles. The van der Waals surface area contributed by atoms with Crippen LogP contribution in [0.15, 0.2) is 24.3 Å². The van der Waals surface area contributed by atoms with E-state index >= 15 is 0 Å². The Hall–Kier alpha value is -1.31. The van der Waals surface area contributed by atoms with Crippen molar-refractivity contribution >= 4 is 5.97 Å². The van der Waals surface area contributed by atoms with E-state index in [1.54, 1.807) is 0 Å². The molecule has 0 aliphatic carbocycles.